The van der Waals surface area contributed by atoms with Gasteiger partial charge in [-0.15, -0.1) is 0 Å². The molecule has 1 amide bonds. The summed E-state index contributed by atoms with van der Waals surface area (Å²) in [5.41, 5.74) is 8.34. The van der Waals surface area contributed by atoms with Crippen LogP contribution in [0.5, 0.6) is 0 Å². The Balaban J connectivity index is 2.83. The molecule has 1 aromatic carbocycles. The van der Waals surface area contributed by atoms with Crippen LogP contribution in [-0.2, 0) is 0 Å². The van der Waals surface area contributed by atoms with Gasteiger partial charge in [0.2, 0.25) is 0 Å². The smallest absolute Gasteiger partial charge is 0.252 e. The van der Waals surface area contributed by atoms with Gasteiger partial charge in [0.1, 0.15) is 5.82 Å². The maximum absolute atomic E-state index is 13.3. The zero-order valence-corrected chi connectivity index (χ0v) is 13.8. The summed E-state index contributed by atoms with van der Waals surface area (Å²) in [6.07, 6.45) is 1.87. The van der Waals surface area contributed by atoms with Crippen molar-refractivity contribution in [2.75, 3.05) is 6.26 Å². The molecule has 6 heteroatoms. The summed E-state index contributed by atoms with van der Waals surface area (Å²) in [6, 6.07) is 4.38. The topological polar surface area (TPSA) is 68.9 Å². The second-order valence-electron chi connectivity index (χ2n) is 5.30. The van der Waals surface area contributed by atoms with Crippen molar-refractivity contribution in [3.63, 3.8) is 0 Å². The van der Waals surface area contributed by atoms with Crippen LogP contribution in [0.3, 0.4) is 0 Å². The summed E-state index contributed by atoms with van der Waals surface area (Å²) in [7, 11) is 0. The van der Waals surface area contributed by atoms with E-state index in [2.05, 4.69) is 9.97 Å². The van der Waals surface area contributed by atoms with E-state index in [1.165, 1.54) is 23.9 Å². The normalized spacial score (nSPS) is 11.0. The number of hydrogen-bond acceptors (Lipinski definition) is 4. The molecule has 0 atom stereocenters. The zero-order valence-electron chi connectivity index (χ0n) is 13.0. The molecule has 0 aliphatic heterocycles. The highest BCUT2D eigenvalue weighted by molar-refractivity contribution is 7.98. The van der Waals surface area contributed by atoms with Crippen molar-refractivity contribution in [2.24, 2.45) is 5.73 Å². The van der Waals surface area contributed by atoms with E-state index >= 15 is 0 Å². The van der Waals surface area contributed by atoms with Crippen molar-refractivity contribution < 1.29 is 9.18 Å². The highest BCUT2D eigenvalue weighted by Gasteiger charge is 2.22. The minimum Gasteiger partial charge on any atom is -0.365 e. The van der Waals surface area contributed by atoms with Crippen molar-refractivity contribution in [3.8, 4) is 11.3 Å². The standard InChI is InChI=1S/C16H18FN3OS/c1-8(2)13-12(15(18)21)14(20-16(19-13)22-4)11-6-5-10(17)7-9(11)3/h5-8H,1-4H3,(H2,18,21). The first-order valence-corrected chi connectivity index (χ1v) is 8.09. The summed E-state index contributed by atoms with van der Waals surface area (Å²) in [5, 5.41) is 0.562. The highest BCUT2D eigenvalue weighted by atomic mass is 32.2. The lowest BCUT2D eigenvalue weighted by Gasteiger charge is -2.16. The van der Waals surface area contributed by atoms with Crippen molar-refractivity contribution in [3.05, 3.63) is 40.8 Å². The number of rotatable bonds is 4. The molecule has 0 unspecified atom stereocenters. The second-order valence-corrected chi connectivity index (χ2v) is 6.07. The third-order valence-electron chi connectivity index (χ3n) is 3.34. The molecule has 0 saturated carbocycles. The van der Waals surface area contributed by atoms with Crippen molar-refractivity contribution in [1.29, 1.82) is 0 Å². The number of aryl methyl sites for hydroxylation is 1. The maximum atomic E-state index is 13.3. The Morgan fingerprint density at radius 2 is 2.00 bits per heavy atom. The van der Waals surface area contributed by atoms with Gasteiger partial charge >= 0.3 is 0 Å². The molecule has 116 valence electrons. The summed E-state index contributed by atoms with van der Waals surface area (Å²) in [5.74, 6) is -0.879. The Bertz CT molecular complexity index is 732. The number of nitrogens with zero attached hydrogens (tertiary/aromatic N) is 2. The van der Waals surface area contributed by atoms with E-state index in [1.54, 1.807) is 13.0 Å². The summed E-state index contributed by atoms with van der Waals surface area (Å²) >= 11 is 1.39. The van der Waals surface area contributed by atoms with E-state index in [-0.39, 0.29) is 11.7 Å². The molecule has 1 aromatic heterocycles. The molecule has 0 fully saturated rings. The van der Waals surface area contributed by atoms with Gasteiger partial charge in [-0.1, -0.05) is 25.6 Å². The SMILES string of the molecule is CSc1nc(-c2ccc(F)cc2C)c(C(N)=O)c(C(C)C)n1. The van der Waals surface area contributed by atoms with Gasteiger partial charge in [0.15, 0.2) is 5.16 Å². The number of carbonyl (C=O) groups excluding carboxylic acids is 1. The number of benzene rings is 1. The van der Waals surface area contributed by atoms with E-state index in [0.29, 0.717) is 33.2 Å². The molecule has 2 aromatic rings. The zero-order chi connectivity index (χ0) is 16.4. The van der Waals surface area contributed by atoms with Crippen LogP contribution in [0.2, 0.25) is 0 Å². The molecule has 0 aliphatic rings. The number of hydrogen-bond donors (Lipinski definition) is 1. The Kier molecular flexibility index (Phi) is 4.81. The highest BCUT2D eigenvalue weighted by Crippen LogP contribution is 2.31. The molecule has 0 saturated heterocycles. The lowest BCUT2D eigenvalue weighted by Crippen LogP contribution is -2.19. The summed E-state index contributed by atoms with van der Waals surface area (Å²) in [4.78, 5) is 20.8. The van der Waals surface area contributed by atoms with Gasteiger partial charge in [0.25, 0.3) is 5.91 Å². The van der Waals surface area contributed by atoms with Gasteiger partial charge in [0, 0.05) is 5.56 Å². The maximum Gasteiger partial charge on any atom is 0.252 e. The van der Waals surface area contributed by atoms with Crippen LogP contribution in [0.4, 0.5) is 4.39 Å². The second kappa shape index (κ2) is 6.44. The Labute approximate surface area is 133 Å². The van der Waals surface area contributed by atoms with E-state index in [1.807, 2.05) is 20.1 Å². The van der Waals surface area contributed by atoms with E-state index in [4.69, 9.17) is 5.73 Å². The van der Waals surface area contributed by atoms with Crippen molar-refractivity contribution >= 4 is 17.7 Å². The lowest BCUT2D eigenvalue weighted by atomic mass is 9.96. The Hall–Kier alpha value is -1.95. The van der Waals surface area contributed by atoms with Crippen LogP contribution in [0, 0.1) is 12.7 Å². The average molecular weight is 319 g/mol. The fourth-order valence-electron chi connectivity index (χ4n) is 2.30. The first-order valence-electron chi connectivity index (χ1n) is 6.87. The number of nitrogens with two attached hydrogens (primary N) is 1. The quantitative estimate of drug-likeness (QED) is 0.691. The Morgan fingerprint density at radius 1 is 1.32 bits per heavy atom. The van der Waals surface area contributed by atoms with E-state index < -0.39 is 5.91 Å². The number of thioether (sulfide) groups is 1. The number of halogens is 1. The lowest BCUT2D eigenvalue weighted by molar-refractivity contribution is 0.0998. The minimum absolute atomic E-state index is 0.0240. The predicted octanol–water partition coefficient (Wildman–Crippen LogP) is 3.54. The number of amides is 1. The molecular formula is C16H18FN3OS. The van der Waals surface area contributed by atoms with Crippen LogP contribution in [0.15, 0.2) is 23.4 Å². The molecule has 0 aliphatic carbocycles. The first kappa shape index (κ1) is 16.4. The third-order valence-corrected chi connectivity index (χ3v) is 3.88. The Morgan fingerprint density at radius 3 is 2.50 bits per heavy atom. The third kappa shape index (κ3) is 3.11. The molecule has 0 radical (unpaired) electrons. The van der Waals surface area contributed by atoms with Gasteiger partial charge in [-0.05, 0) is 42.9 Å². The molecule has 4 nitrogen and oxygen atoms in total. The van der Waals surface area contributed by atoms with Crippen LogP contribution >= 0.6 is 11.8 Å². The first-order chi connectivity index (χ1) is 10.3. The van der Waals surface area contributed by atoms with Gasteiger partial charge in [-0.2, -0.15) is 0 Å². The fourth-order valence-corrected chi connectivity index (χ4v) is 2.67. The summed E-state index contributed by atoms with van der Waals surface area (Å²) < 4.78 is 13.3. The molecule has 0 bridgehead atoms. The summed E-state index contributed by atoms with van der Waals surface area (Å²) in [6.45, 7) is 5.67. The monoisotopic (exact) mass is 319 g/mol. The predicted molar refractivity (Wildman–Crippen MR) is 86.6 cm³/mol. The molecule has 22 heavy (non-hydrogen) atoms. The van der Waals surface area contributed by atoms with Gasteiger partial charge in [0.05, 0.1) is 17.0 Å². The van der Waals surface area contributed by atoms with Crippen LogP contribution in [0.1, 0.15) is 41.4 Å². The fraction of sp³-hybridized carbons (Fsp3) is 0.312. The number of primary amides is 1. The van der Waals surface area contributed by atoms with Gasteiger partial charge < -0.3 is 5.73 Å². The van der Waals surface area contributed by atoms with Gasteiger partial charge in [-0.25, -0.2) is 14.4 Å². The number of aromatic nitrogens is 2. The molecule has 2 rings (SSSR count). The average Bonchev–Trinajstić information content (AvgIpc) is 2.45. The van der Waals surface area contributed by atoms with Gasteiger partial charge in [-0.3, -0.25) is 4.79 Å². The van der Waals surface area contributed by atoms with Crippen molar-refractivity contribution in [1.82, 2.24) is 9.97 Å². The molecular weight excluding hydrogens is 301 g/mol. The van der Waals surface area contributed by atoms with Crippen molar-refractivity contribution in [2.45, 2.75) is 31.8 Å². The van der Waals surface area contributed by atoms with Crippen LogP contribution < -0.4 is 5.73 Å². The van der Waals surface area contributed by atoms with Crippen LogP contribution in [0.25, 0.3) is 11.3 Å². The minimum atomic E-state index is -0.574. The van der Waals surface area contributed by atoms with E-state index in [9.17, 15) is 9.18 Å². The van der Waals surface area contributed by atoms with Crippen LogP contribution in [-0.4, -0.2) is 22.1 Å². The molecule has 1 heterocycles. The molecule has 0 spiro atoms. The largest absolute Gasteiger partial charge is 0.365 e. The van der Waals surface area contributed by atoms with E-state index in [0.717, 1.165) is 0 Å². The molecule has 2 N–H and O–H groups in total. The number of carbonyl (C=O) groups is 1.